The van der Waals surface area contributed by atoms with Crippen molar-refractivity contribution in [3.8, 4) is 0 Å². The van der Waals surface area contributed by atoms with Gasteiger partial charge in [-0.3, -0.25) is 0 Å². The molecule has 3 nitrogen and oxygen atoms in total. The fourth-order valence-electron chi connectivity index (χ4n) is 3.54. The van der Waals surface area contributed by atoms with Gasteiger partial charge < -0.3 is 15.5 Å². The Bertz CT molecular complexity index is 246. The van der Waals surface area contributed by atoms with Crippen molar-refractivity contribution >= 4 is 0 Å². The number of hydrogen-bond donors (Lipinski definition) is 1. The Hall–Kier alpha value is -0.120. The predicted molar refractivity (Wildman–Crippen MR) is 77.8 cm³/mol. The summed E-state index contributed by atoms with van der Waals surface area (Å²) in [4.78, 5) is 5.02. The molecule has 1 saturated carbocycles. The van der Waals surface area contributed by atoms with E-state index >= 15 is 0 Å². The van der Waals surface area contributed by atoms with E-state index in [9.17, 15) is 0 Å². The van der Waals surface area contributed by atoms with Crippen LogP contribution in [-0.2, 0) is 0 Å². The lowest BCUT2D eigenvalue weighted by atomic mass is 9.80. The van der Waals surface area contributed by atoms with Crippen molar-refractivity contribution in [2.24, 2.45) is 5.73 Å². The standard InChI is InChI=1S/C15H31N3/c1-17(2)14-7-6-11-18(13-14)12-10-15(16)8-4-3-5-9-15/h14H,3-13,16H2,1-2H3. The number of nitrogens with zero attached hydrogens (tertiary/aromatic N) is 2. The maximum absolute atomic E-state index is 6.53. The second kappa shape index (κ2) is 6.36. The molecule has 0 aromatic carbocycles. The Balaban J connectivity index is 1.75. The van der Waals surface area contributed by atoms with Gasteiger partial charge in [0.15, 0.2) is 0 Å². The Kier molecular flexibility index (Phi) is 5.05. The Morgan fingerprint density at radius 1 is 1.17 bits per heavy atom. The maximum Gasteiger partial charge on any atom is 0.0217 e. The van der Waals surface area contributed by atoms with Gasteiger partial charge in [0, 0.05) is 18.1 Å². The topological polar surface area (TPSA) is 32.5 Å². The highest BCUT2D eigenvalue weighted by Crippen LogP contribution is 2.29. The summed E-state index contributed by atoms with van der Waals surface area (Å²) >= 11 is 0. The van der Waals surface area contributed by atoms with Crippen molar-refractivity contribution in [3.63, 3.8) is 0 Å². The molecule has 2 aliphatic rings. The van der Waals surface area contributed by atoms with Crippen LogP contribution in [0, 0.1) is 0 Å². The molecule has 1 aliphatic heterocycles. The van der Waals surface area contributed by atoms with Crippen LogP contribution in [0.1, 0.15) is 51.4 Å². The highest BCUT2D eigenvalue weighted by Gasteiger charge is 2.29. The summed E-state index contributed by atoms with van der Waals surface area (Å²) in [5.74, 6) is 0. The summed E-state index contributed by atoms with van der Waals surface area (Å²) in [5, 5.41) is 0. The SMILES string of the molecule is CN(C)C1CCCN(CCC2(N)CCCCC2)C1. The molecule has 0 bridgehead atoms. The molecule has 2 N–H and O–H groups in total. The maximum atomic E-state index is 6.53. The van der Waals surface area contributed by atoms with E-state index in [2.05, 4.69) is 23.9 Å². The number of rotatable bonds is 4. The normalized spacial score (nSPS) is 29.7. The van der Waals surface area contributed by atoms with Gasteiger partial charge in [-0.15, -0.1) is 0 Å². The van der Waals surface area contributed by atoms with Gasteiger partial charge in [0.2, 0.25) is 0 Å². The molecule has 18 heavy (non-hydrogen) atoms. The third kappa shape index (κ3) is 3.94. The average molecular weight is 253 g/mol. The van der Waals surface area contributed by atoms with E-state index < -0.39 is 0 Å². The van der Waals surface area contributed by atoms with Gasteiger partial charge in [-0.05, 0) is 59.3 Å². The number of likely N-dealkylation sites (tertiary alicyclic amines) is 1. The van der Waals surface area contributed by atoms with Crippen molar-refractivity contribution in [1.29, 1.82) is 0 Å². The van der Waals surface area contributed by atoms with Crippen LogP contribution in [0.5, 0.6) is 0 Å². The summed E-state index contributed by atoms with van der Waals surface area (Å²) < 4.78 is 0. The van der Waals surface area contributed by atoms with Crippen LogP contribution < -0.4 is 5.73 Å². The van der Waals surface area contributed by atoms with Crippen LogP contribution in [-0.4, -0.2) is 55.1 Å². The molecular formula is C15H31N3. The molecule has 1 atom stereocenters. The van der Waals surface area contributed by atoms with Gasteiger partial charge in [-0.25, -0.2) is 0 Å². The molecule has 2 fully saturated rings. The molecule has 0 amide bonds. The molecule has 1 saturated heterocycles. The number of nitrogens with two attached hydrogens (primary N) is 1. The van der Waals surface area contributed by atoms with Crippen LogP contribution in [0.15, 0.2) is 0 Å². The molecule has 0 radical (unpaired) electrons. The first-order valence-electron chi connectivity index (χ1n) is 7.77. The first kappa shape index (κ1) is 14.3. The van der Waals surface area contributed by atoms with E-state index in [1.165, 1.54) is 71.0 Å². The van der Waals surface area contributed by atoms with E-state index in [-0.39, 0.29) is 5.54 Å². The highest BCUT2D eigenvalue weighted by atomic mass is 15.2. The summed E-state index contributed by atoms with van der Waals surface area (Å²) in [5.41, 5.74) is 6.69. The Labute approximate surface area is 113 Å². The smallest absolute Gasteiger partial charge is 0.0217 e. The van der Waals surface area contributed by atoms with Crippen LogP contribution in [0.3, 0.4) is 0 Å². The zero-order chi connectivity index (χ0) is 13.0. The zero-order valence-electron chi connectivity index (χ0n) is 12.3. The lowest BCUT2D eigenvalue weighted by molar-refractivity contribution is 0.120. The monoisotopic (exact) mass is 253 g/mol. The molecule has 0 aromatic rings. The lowest BCUT2D eigenvalue weighted by Crippen LogP contribution is -2.49. The van der Waals surface area contributed by atoms with Crippen molar-refractivity contribution in [3.05, 3.63) is 0 Å². The predicted octanol–water partition coefficient (Wildman–Crippen LogP) is 2.06. The highest BCUT2D eigenvalue weighted by molar-refractivity contribution is 4.89. The Morgan fingerprint density at radius 3 is 2.56 bits per heavy atom. The zero-order valence-corrected chi connectivity index (χ0v) is 12.3. The quantitative estimate of drug-likeness (QED) is 0.832. The molecule has 0 spiro atoms. The first-order chi connectivity index (χ1) is 8.59. The average Bonchev–Trinajstić information content (AvgIpc) is 2.38. The molecule has 3 heteroatoms. The summed E-state index contributed by atoms with van der Waals surface area (Å²) in [7, 11) is 4.42. The molecule has 1 unspecified atom stereocenters. The van der Waals surface area contributed by atoms with Crippen molar-refractivity contribution in [1.82, 2.24) is 9.80 Å². The number of hydrogen-bond acceptors (Lipinski definition) is 3. The minimum atomic E-state index is 0.156. The molecular weight excluding hydrogens is 222 g/mol. The van der Waals surface area contributed by atoms with E-state index in [0.29, 0.717) is 0 Å². The second-order valence-electron chi connectivity index (χ2n) is 6.73. The van der Waals surface area contributed by atoms with Crippen molar-refractivity contribution < 1.29 is 0 Å². The summed E-state index contributed by atoms with van der Waals surface area (Å²) in [6.07, 6.45) is 10.5. The largest absolute Gasteiger partial charge is 0.325 e. The van der Waals surface area contributed by atoms with E-state index in [0.717, 1.165) is 6.04 Å². The van der Waals surface area contributed by atoms with Gasteiger partial charge in [0.05, 0.1) is 0 Å². The van der Waals surface area contributed by atoms with Gasteiger partial charge in [-0.2, -0.15) is 0 Å². The van der Waals surface area contributed by atoms with Crippen LogP contribution in [0.25, 0.3) is 0 Å². The van der Waals surface area contributed by atoms with Crippen molar-refractivity contribution in [2.75, 3.05) is 33.7 Å². The van der Waals surface area contributed by atoms with Crippen molar-refractivity contribution in [2.45, 2.75) is 62.9 Å². The molecule has 0 aromatic heterocycles. The lowest BCUT2D eigenvalue weighted by Gasteiger charge is -2.39. The minimum absolute atomic E-state index is 0.156. The summed E-state index contributed by atoms with van der Waals surface area (Å²) in [6, 6.07) is 0.749. The molecule has 106 valence electrons. The van der Waals surface area contributed by atoms with Gasteiger partial charge in [0.1, 0.15) is 0 Å². The first-order valence-corrected chi connectivity index (χ1v) is 7.77. The fourth-order valence-corrected chi connectivity index (χ4v) is 3.54. The summed E-state index contributed by atoms with van der Waals surface area (Å²) in [6.45, 7) is 3.73. The van der Waals surface area contributed by atoms with E-state index in [4.69, 9.17) is 5.73 Å². The fraction of sp³-hybridized carbons (Fsp3) is 1.00. The number of likely N-dealkylation sites (N-methyl/N-ethyl adjacent to an activating group) is 1. The van der Waals surface area contributed by atoms with Gasteiger partial charge in [0.25, 0.3) is 0 Å². The van der Waals surface area contributed by atoms with Gasteiger partial charge in [-0.1, -0.05) is 19.3 Å². The van der Waals surface area contributed by atoms with Crippen LogP contribution >= 0.6 is 0 Å². The minimum Gasteiger partial charge on any atom is -0.325 e. The molecule has 1 heterocycles. The number of piperidine rings is 1. The third-order valence-corrected chi connectivity index (χ3v) is 4.99. The third-order valence-electron chi connectivity index (χ3n) is 4.99. The molecule has 2 rings (SSSR count). The molecule has 1 aliphatic carbocycles. The van der Waals surface area contributed by atoms with E-state index in [1.54, 1.807) is 0 Å². The van der Waals surface area contributed by atoms with E-state index in [1.807, 2.05) is 0 Å². The van der Waals surface area contributed by atoms with Crippen LogP contribution in [0.2, 0.25) is 0 Å². The second-order valence-corrected chi connectivity index (χ2v) is 6.73. The van der Waals surface area contributed by atoms with Crippen LogP contribution in [0.4, 0.5) is 0 Å². The Morgan fingerprint density at radius 2 is 1.89 bits per heavy atom. The van der Waals surface area contributed by atoms with Gasteiger partial charge >= 0.3 is 0 Å².